The zero-order valence-corrected chi connectivity index (χ0v) is 8.14. The molecule has 12 heavy (non-hydrogen) atoms. The molecule has 4 heteroatoms. The van der Waals surface area contributed by atoms with Crippen molar-refractivity contribution >= 4 is 17.6 Å². The lowest BCUT2D eigenvalue weighted by Crippen LogP contribution is -2.13. The molecule has 0 saturated heterocycles. The quantitative estimate of drug-likeness (QED) is 0.770. The van der Waals surface area contributed by atoms with Crippen molar-refractivity contribution in [2.75, 3.05) is 18.1 Å². The van der Waals surface area contributed by atoms with Crippen LogP contribution in [-0.2, 0) is 0 Å². The lowest BCUT2D eigenvalue weighted by Gasteiger charge is -2.09. The molecule has 0 saturated carbocycles. The average molecular weight is 183 g/mol. The highest BCUT2D eigenvalue weighted by atomic mass is 32.2. The van der Waals surface area contributed by atoms with E-state index in [1.54, 1.807) is 18.6 Å². The van der Waals surface area contributed by atoms with Gasteiger partial charge in [0.05, 0.1) is 6.20 Å². The van der Waals surface area contributed by atoms with Crippen LogP contribution < -0.4 is 5.32 Å². The molecule has 0 amide bonds. The van der Waals surface area contributed by atoms with Crippen LogP contribution >= 0.6 is 11.8 Å². The monoisotopic (exact) mass is 183 g/mol. The van der Waals surface area contributed by atoms with Gasteiger partial charge in [-0.05, 0) is 6.26 Å². The lowest BCUT2D eigenvalue weighted by atomic mass is 10.4. The van der Waals surface area contributed by atoms with E-state index in [4.69, 9.17) is 0 Å². The third-order valence-corrected chi connectivity index (χ3v) is 2.51. The zero-order valence-electron chi connectivity index (χ0n) is 7.32. The third-order valence-electron chi connectivity index (χ3n) is 1.54. The predicted molar refractivity (Wildman–Crippen MR) is 53.5 cm³/mol. The molecule has 1 aromatic rings. The maximum Gasteiger partial charge on any atom is 0.144 e. The minimum atomic E-state index is 0.604. The summed E-state index contributed by atoms with van der Waals surface area (Å²) in [4.78, 5) is 8.06. The molecule has 0 fully saturated rings. The molecule has 0 aliphatic heterocycles. The topological polar surface area (TPSA) is 37.8 Å². The van der Waals surface area contributed by atoms with Crippen LogP contribution in [0.25, 0.3) is 0 Å². The number of thioether (sulfide) groups is 1. The van der Waals surface area contributed by atoms with Gasteiger partial charge in [-0.1, -0.05) is 6.92 Å². The molecule has 0 bridgehead atoms. The maximum atomic E-state index is 4.10. The Labute approximate surface area is 77.0 Å². The molecule has 0 aromatic carbocycles. The number of rotatable bonds is 4. The largest absolute Gasteiger partial charge is 0.368 e. The first-order valence-electron chi connectivity index (χ1n) is 3.85. The van der Waals surface area contributed by atoms with Gasteiger partial charge in [0.2, 0.25) is 0 Å². The van der Waals surface area contributed by atoms with Gasteiger partial charge in [0.15, 0.2) is 0 Å². The van der Waals surface area contributed by atoms with Gasteiger partial charge in [-0.15, -0.1) is 0 Å². The average Bonchev–Trinajstić information content (AvgIpc) is 2.16. The number of nitrogens with zero attached hydrogens (tertiary/aromatic N) is 2. The lowest BCUT2D eigenvalue weighted by molar-refractivity contribution is 0.986. The highest BCUT2D eigenvalue weighted by Gasteiger charge is 1.98. The minimum Gasteiger partial charge on any atom is -0.368 e. The van der Waals surface area contributed by atoms with E-state index in [9.17, 15) is 0 Å². The number of hydrogen-bond acceptors (Lipinski definition) is 4. The van der Waals surface area contributed by atoms with E-state index >= 15 is 0 Å². The van der Waals surface area contributed by atoms with Crippen LogP contribution in [0.5, 0.6) is 0 Å². The summed E-state index contributed by atoms with van der Waals surface area (Å²) in [5, 5.41) is 3.80. The van der Waals surface area contributed by atoms with E-state index < -0.39 is 0 Å². The molecule has 1 N–H and O–H groups in total. The van der Waals surface area contributed by atoms with Crippen LogP contribution in [0.4, 0.5) is 5.82 Å². The van der Waals surface area contributed by atoms with Crippen molar-refractivity contribution in [2.24, 2.45) is 0 Å². The molecule has 3 nitrogen and oxygen atoms in total. The summed E-state index contributed by atoms with van der Waals surface area (Å²) in [6, 6.07) is 0. The van der Waals surface area contributed by atoms with Crippen molar-refractivity contribution in [1.82, 2.24) is 9.97 Å². The van der Waals surface area contributed by atoms with Crippen molar-refractivity contribution in [2.45, 2.75) is 12.2 Å². The van der Waals surface area contributed by atoms with Crippen molar-refractivity contribution < 1.29 is 0 Å². The Bertz CT molecular complexity index is 215. The minimum absolute atomic E-state index is 0.604. The van der Waals surface area contributed by atoms with Crippen LogP contribution in [0.15, 0.2) is 18.6 Å². The summed E-state index contributed by atoms with van der Waals surface area (Å²) >= 11 is 1.83. The molecule has 0 aliphatic carbocycles. The van der Waals surface area contributed by atoms with E-state index in [0.29, 0.717) is 5.25 Å². The van der Waals surface area contributed by atoms with Gasteiger partial charge in [0, 0.05) is 24.2 Å². The third kappa shape index (κ3) is 3.09. The molecule has 0 radical (unpaired) electrons. The Morgan fingerprint density at radius 1 is 1.58 bits per heavy atom. The van der Waals surface area contributed by atoms with Gasteiger partial charge < -0.3 is 5.32 Å². The number of aromatic nitrogens is 2. The second-order valence-corrected chi connectivity index (χ2v) is 3.79. The van der Waals surface area contributed by atoms with E-state index in [0.717, 1.165) is 12.4 Å². The second kappa shape index (κ2) is 4.98. The zero-order chi connectivity index (χ0) is 8.81. The van der Waals surface area contributed by atoms with Gasteiger partial charge in [-0.25, -0.2) is 4.98 Å². The van der Waals surface area contributed by atoms with E-state index in [2.05, 4.69) is 28.5 Å². The highest BCUT2D eigenvalue weighted by molar-refractivity contribution is 7.99. The standard InChI is InChI=1S/C8H13N3S/c1-7(12-2)5-11-8-6-9-3-4-10-8/h3-4,6-7H,5H2,1-2H3,(H,10,11). The normalized spacial score (nSPS) is 12.5. The molecular weight excluding hydrogens is 170 g/mol. The Hall–Kier alpha value is -0.770. The molecule has 66 valence electrons. The summed E-state index contributed by atoms with van der Waals surface area (Å²) < 4.78 is 0. The van der Waals surface area contributed by atoms with E-state index in [1.807, 2.05) is 11.8 Å². The molecule has 1 unspecified atom stereocenters. The summed E-state index contributed by atoms with van der Waals surface area (Å²) in [5.41, 5.74) is 0. The molecule has 1 aromatic heterocycles. The van der Waals surface area contributed by atoms with Crippen molar-refractivity contribution in [3.63, 3.8) is 0 Å². The summed E-state index contributed by atoms with van der Waals surface area (Å²) in [5.74, 6) is 0.846. The Morgan fingerprint density at radius 3 is 3.00 bits per heavy atom. The number of anilines is 1. The first-order valence-corrected chi connectivity index (χ1v) is 5.14. The predicted octanol–water partition coefficient (Wildman–Crippen LogP) is 1.64. The second-order valence-electron chi connectivity index (χ2n) is 2.52. The van der Waals surface area contributed by atoms with E-state index in [-0.39, 0.29) is 0 Å². The molecule has 1 heterocycles. The molecule has 0 spiro atoms. The fourth-order valence-corrected chi connectivity index (χ4v) is 0.972. The number of hydrogen-bond donors (Lipinski definition) is 1. The van der Waals surface area contributed by atoms with Gasteiger partial charge in [0.25, 0.3) is 0 Å². The Kier molecular flexibility index (Phi) is 3.87. The fraction of sp³-hybridized carbons (Fsp3) is 0.500. The van der Waals surface area contributed by atoms with Gasteiger partial charge in [0.1, 0.15) is 5.82 Å². The Balaban J connectivity index is 2.33. The maximum absolute atomic E-state index is 4.10. The van der Waals surface area contributed by atoms with Gasteiger partial charge in [-0.3, -0.25) is 4.98 Å². The first-order chi connectivity index (χ1) is 5.83. The van der Waals surface area contributed by atoms with Gasteiger partial charge >= 0.3 is 0 Å². The van der Waals surface area contributed by atoms with E-state index in [1.165, 1.54) is 0 Å². The highest BCUT2D eigenvalue weighted by Crippen LogP contribution is 2.05. The number of nitrogens with one attached hydrogen (secondary N) is 1. The molecular formula is C8H13N3S. The fourth-order valence-electron chi connectivity index (χ4n) is 0.722. The summed E-state index contributed by atoms with van der Waals surface area (Å²) in [6.07, 6.45) is 7.19. The SMILES string of the molecule is CSC(C)CNc1cnccn1. The van der Waals surface area contributed by atoms with Crippen molar-refractivity contribution in [1.29, 1.82) is 0 Å². The van der Waals surface area contributed by atoms with Gasteiger partial charge in [-0.2, -0.15) is 11.8 Å². The summed E-state index contributed by atoms with van der Waals surface area (Å²) in [6.45, 7) is 3.11. The van der Waals surface area contributed by atoms with Crippen molar-refractivity contribution in [3.05, 3.63) is 18.6 Å². The molecule has 1 atom stereocenters. The molecule has 1 rings (SSSR count). The summed E-state index contributed by atoms with van der Waals surface area (Å²) in [7, 11) is 0. The van der Waals surface area contributed by atoms with Crippen molar-refractivity contribution in [3.8, 4) is 0 Å². The van der Waals surface area contributed by atoms with Crippen LogP contribution in [0.1, 0.15) is 6.92 Å². The van der Waals surface area contributed by atoms with Crippen LogP contribution in [0.2, 0.25) is 0 Å². The van der Waals surface area contributed by atoms with Crippen LogP contribution in [-0.4, -0.2) is 28.0 Å². The first kappa shape index (κ1) is 9.32. The van der Waals surface area contributed by atoms with Crippen LogP contribution in [0, 0.1) is 0 Å². The van der Waals surface area contributed by atoms with Crippen LogP contribution in [0.3, 0.4) is 0 Å². The Morgan fingerprint density at radius 2 is 2.42 bits per heavy atom. The molecule has 0 aliphatic rings. The smallest absolute Gasteiger partial charge is 0.144 e.